The van der Waals surface area contributed by atoms with E-state index in [-0.39, 0.29) is 5.56 Å². The molecule has 3 rings (SSSR count). The maximum atomic E-state index is 11.3. The van der Waals surface area contributed by atoms with Gasteiger partial charge in [0.25, 0.3) is 0 Å². The first-order chi connectivity index (χ1) is 9.69. The van der Waals surface area contributed by atoms with E-state index in [1.165, 1.54) is 4.88 Å². The number of carbonyl (C=O) groups is 1. The van der Waals surface area contributed by atoms with E-state index in [0.29, 0.717) is 17.6 Å². The second-order valence-corrected chi connectivity index (χ2v) is 5.62. The van der Waals surface area contributed by atoms with Crippen LogP contribution in [-0.2, 0) is 13.0 Å². The molecule has 20 heavy (non-hydrogen) atoms. The third-order valence-corrected chi connectivity index (χ3v) is 4.25. The zero-order valence-corrected chi connectivity index (χ0v) is 11.7. The SMILES string of the molecule is CCc1cnc(Cn2cnc3cccc(C(=O)O)c32)s1. The quantitative estimate of drug-likeness (QED) is 0.801. The third-order valence-electron chi connectivity index (χ3n) is 3.12. The molecule has 0 aliphatic heterocycles. The summed E-state index contributed by atoms with van der Waals surface area (Å²) in [5.41, 5.74) is 1.61. The van der Waals surface area contributed by atoms with Gasteiger partial charge in [-0.3, -0.25) is 0 Å². The Balaban J connectivity index is 2.05. The Hall–Kier alpha value is -2.21. The predicted molar refractivity (Wildman–Crippen MR) is 77.3 cm³/mol. The summed E-state index contributed by atoms with van der Waals surface area (Å²) in [5.74, 6) is -0.939. The molecule has 102 valence electrons. The van der Waals surface area contributed by atoms with Crippen LogP contribution >= 0.6 is 11.3 Å². The number of imidazole rings is 1. The molecule has 1 N–H and O–H groups in total. The van der Waals surface area contributed by atoms with Crippen molar-refractivity contribution < 1.29 is 9.90 Å². The average Bonchev–Trinajstić information content (AvgIpc) is 3.06. The predicted octanol–water partition coefficient (Wildman–Crippen LogP) is 2.80. The van der Waals surface area contributed by atoms with Gasteiger partial charge in [0.2, 0.25) is 0 Å². The molecule has 6 heteroatoms. The van der Waals surface area contributed by atoms with Crippen LogP contribution in [0.1, 0.15) is 27.2 Å². The van der Waals surface area contributed by atoms with Crippen LogP contribution in [-0.4, -0.2) is 25.6 Å². The Bertz CT molecular complexity index is 776. The fourth-order valence-electron chi connectivity index (χ4n) is 2.15. The van der Waals surface area contributed by atoms with Crippen LogP contribution in [0.2, 0.25) is 0 Å². The highest BCUT2D eigenvalue weighted by molar-refractivity contribution is 7.11. The van der Waals surface area contributed by atoms with Crippen molar-refractivity contribution in [3.8, 4) is 0 Å². The lowest BCUT2D eigenvalue weighted by Crippen LogP contribution is -2.03. The van der Waals surface area contributed by atoms with E-state index in [4.69, 9.17) is 0 Å². The molecule has 0 amide bonds. The van der Waals surface area contributed by atoms with E-state index in [2.05, 4.69) is 16.9 Å². The molecule has 0 spiro atoms. The van der Waals surface area contributed by atoms with Crippen molar-refractivity contribution in [2.45, 2.75) is 19.9 Å². The highest BCUT2D eigenvalue weighted by Crippen LogP contribution is 2.21. The Kier molecular flexibility index (Phi) is 3.23. The van der Waals surface area contributed by atoms with Gasteiger partial charge in [0.15, 0.2) is 0 Å². The zero-order chi connectivity index (χ0) is 14.1. The lowest BCUT2D eigenvalue weighted by molar-refractivity contribution is 0.0698. The summed E-state index contributed by atoms with van der Waals surface area (Å²) in [5, 5.41) is 10.2. The molecule has 0 atom stereocenters. The van der Waals surface area contributed by atoms with Crippen LogP contribution in [0.25, 0.3) is 11.0 Å². The summed E-state index contributed by atoms with van der Waals surface area (Å²) in [6.45, 7) is 2.64. The minimum absolute atomic E-state index is 0.271. The summed E-state index contributed by atoms with van der Waals surface area (Å²) in [6, 6.07) is 5.13. The summed E-state index contributed by atoms with van der Waals surface area (Å²) < 4.78 is 1.84. The molecule has 0 fully saturated rings. The minimum Gasteiger partial charge on any atom is -0.478 e. The number of aromatic carboxylic acids is 1. The number of aromatic nitrogens is 3. The molecule has 2 heterocycles. The van der Waals surface area contributed by atoms with Crippen molar-refractivity contribution in [2.24, 2.45) is 0 Å². The lowest BCUT2D eigenvalue weighted by atomic mass is 10.2. The molecule has 0 aliphatic carbocycles. The van der Waals surface area contributed by atoms with Crippen LogP contribution in [0.15, 0.2) is 30.7 Å². The summed E-state index contributed by atoms with van der Waals surface area (Å²) >= 11 is 1.65. The number of para-hydroxylation sites is 1. The molecular weight excluding hydrogens is 274 g/mol. The first kappa shape index (κ1) is 12.8. The molecule has 0 saturated heterocycles. The fourth-order valence-corrected chi connectivity index (χ4v) is 3.01. The average molecular weight is 287 g/mol. The van der Waals surface area contributed by atoms with Crippen LogP contribution < -0.4 is 0 Å². The van der Waals surface area contributed by atoms with Gasteiger partial charge in [-0.2, -0.15) is 0 Å². The van der Waals surface area contributed by atoms with Gasteiger partial charge in [0.05, 0.1) is 29.5 Å². The van der Waals surface area contributed by atoms with Gasteiger partial charge in [0.1, 0.15) is 5.01 Å². The topological polar surface area (TPSA) is 68.0 Å². The number of carboxylic acid groups (broad SMARTS) is 1. The zero-order valence-electron chi connectivity index (χ0n) is 10.9. The number of thiazole rings is 1. The van der Waals surface area contributed by atoms with E-state index >= 15 is 0 Å². The number of benzene rings is 1. The van der Waals surface area contributed by atoms with Crippen LogP contribution in [0.4, 0.5) is 0 Å². The Labute approximate surface area is 119 Å². The monoisotopic (exact) mass is 287 g/mol. The second-order valence-electron chi connectivity index (χ2n) is 4.42. The molecule has 1 aromatic carbocycles. The van der Waals surface area contributed by atoms with Gasteiger partial charge in [-0.1, -0.05) is 13.0 Å². The molecule has 3 aromatic rings. The smallest absolute Gasteiger partial charge is 0.337 e. The second kappa shape index (κ2) is 5.05. The Morgan fingerprint density at radius 1 is 1.40 bits per heavy atom. The number of hydrogen-bond donors (Lipinski definition) is 1. The van der Waals surface area contributed by atoms with Gasteiger partial charge in [-0.25, -0.2) is 14.8 Å². The molecular formula is C14H13N3O2S. The molecule has 0 saturated carbocycles. The number of nitrogens with zero attached hydrogens (tertiary/aromatic N) is 3. The van der Waals surface area contributed by atoms with E-state index in [9.17, 15) is 9.90 Å². The van der Waals surface area contributed by atoms with Gasteiger partial charge in [-0.05, 0) is 18.6 Å². The van der Waals surface area contributed by atoms with Gasteiger partial charge < -0.3 is 9.67 Å². The maximum absolute atomic E-state index is 11.3. The molecule has 2 aromatic heterocycles. The summed E-state index contributed by atoms with van der Waals surface area (Å²) in [7, 11) is 0. The first-order valence-corrected chi connectivity index (χ1v) is 7.11. The molecule has 0 unspecified atom stereocenters. The Morgan fingerprint density at radius 3 is 2.95 bits per heavy atom. The van der Waals surface area contributed by atoms with Crippen LogP contribution in [0.5, 0.6) is 0 Å². The lowest BCUT2D eigenvalue weighted by Gasteiger charge is -2.04. The van der Waals surface area contributed by atoms with Crippen LogP contribution in [0.3, 0.4) is 0 Å². The number of rotatable bonds is 4. The number of aryl methyl sites for hydroxylation is 1. The summed E-state index contributed by atoms with van der Waals surface area (Å²) in [6.07, 6.45) is 4.50. The van der Waals surface area contributed by atoms with Gasteiger partial charge >= 0.3 is 5.97 Å². The normalized spacial score (nSPS) is 11.1. The standard InChI is InChI=1S/C14H13N3O2S/c1-2-9-6-15-12(20-9)7-17-8-16-11-5-3-4-10(13(11)17)14(18)19/h3-6,8H,2,7H2,1H3,(H,18,19). The van der Waals surface area contributed by atoms with Gasteiger partial charge in [-0.15, -0.1) is 11.3 Å². The maximum Gasteiger partial charge on any atom is 0.337 e. The first-order valence-electron chi connectivity index (χ1n) is 6.29. The van der Waals surface area contributed by atoms with E-state index in [0.717, 1.165) is 11.4 Å². The van der Waals surface area contributed by atoms with Gasteiger partial charge in [0, 0.05) is 11.1 Å². The highest BCUT2D eigenvalue weighted by Gasteiger charge is 2.14. The van der Waals surface area contributed by atoms with Crippen molar-refractivity contribution in [1.29, 1.82) is 0 Å². The molecule has 0 aliphatic rings. The molecule has 5 nitrogen and oxygen atoms in total. The number of fused-ring (bicyclic) bond motifs is 1. The third kappa shape index (κ3) is 2.18. The van der Waals surface area contributed by atoms with Crippen molar-refractivity contribution in [3.63, 3.8) is 0 Å². The van der Waals surface area contributed by atoms with Crippen molar-refractivity contribution >= 4 is 28.3 Å². The van der Waals surface area contributed by atoms with Crippen molar-refractivity contribution in [1.82, 2.24) is 14.5 Å². The summed E-state index contributed by atoms with van der Waals surface area (Å²) in [4.78, 5) is 21.2. The van der Waals surface area contributed by atoms with E-state index in [1.54, 1.807) is 29.8 Å². The minimum atomic E-state index is -0.939. The Morgan fingerprint density at radius 2 is 2.25 bits per heavy atom. The van der Waals surface area contributed by atoms with E-state index in [1.807, 2.05) is 16.8 Å². The van der Waals surface area contributed by atoms with E-state index < -0.39 is 5.97 Å². The number of carboxylic acids is 1. The molecule has 0 bridgehead atoms. The van der Waals surface area contributed by atoms with Crippen molar-refractivity contribution in [3.05, 3.63) is 46.2 Å². The highest BCUT2D eigenvalue weighted by atomic mass is 32.1. The van der Waals surface area contributed by atoms with Crippen molar-refractivity contribution in [2.75, 3.05) is 0 Å². The number of hydrogen-bond acceptors (Lipinski definition) is 4. The largest absolute Gasteiger partial charge is 0.478 e. The molecule has 0 radical (unpaired) electrons. The van der Waals surface area contributed by atoms with Crippen LogP contribution in [0, 0.1) is 0 Å². The fraction of sp³-hybridized carbons (Fsp3) is 0.214.